The lowest BCUT2D eigenvalue weighted by molar-refractivity contribution is -0.220. The number of carbonyl (C=O) groups excluding carboxylic acids is 2. The van der Waals surface area contributed by atoms with Crippen LogP contribution in [0.4, 0.5) is 0 Å². The molecule has 8 atom stereocenters. The van der Waals surface area contributed by atoms with Gasteiger partial charge >= 0.3 is 19.8 Å². The Labute approximate surface area is 343 Å². The van der Waals surface area contributed by atoms with E-state index in [0.29, 0.717) is 12.8 Å². The van der Waals surface area contributed by atoms with Crippen molar-refractivity contribution in [1.29, 1.82) is 0 Å². The van der Waals surface area contributed by atoms with Gasteiger partial charge in [-0.2, -0.15) is 0 Å². The first-order valence-corrected chi connectivity index (χ1v) is 24.0. The Hall–Kier alpha value is -1.41. The maximum Gasteiger partial charge on any atom is 0.472 e. The minimum Gasteiger partial charge on any atom is -0.462 e. The highest BCUT2D eigenvalue weighted by molar-refractivity contribution is 7.47. The van der Waals surface area contributed by atoms with Gasteiger partial charge in [-0.15, -0.1) is 0 Å². The van der Waals surface area contributed by atoms with Crippen LogP contribution in [0.2, 0.25) is 0 Å². The molecule has 1 saturated carbocycles. The van der Waals surface area contributed by atoms with Crippen molar-refractivity contribution >= 4 is 19.8 Å². The van der Waals surface area contributed by atoms with E-state index in [1.165, 1.54) is 96.3 Å². The lowest BCUT2D eigenvalue weighted by Gasteiger charge is -2.41. The SMILES string of the molecule is CCCCCCCC/C=C/CCCCCCCCCC(=O)OC[C@@H](COP(=O)(O)OC1C(O)C(O)C(O)[C@H](O)C1O)OC(=O)CCCCCCCCCCCCC. The quantitative estimate of drug-likeness (QED) is 0.0151. The lowest BCUT2D eigenvalue weighted by Crippen LogP contribution is -2.64. The highest BCUT2D eigenvalue weighted by Crippen LogP contribution is 2.47. The summed E-state index contributed by atoms with van der Waals surface area (Å²) in [4.78, 5) is 35.6. The molecule has 0 saturated heterocycles. The van der Waals surface area contributed by atoms with Gasteiger partial charge < -0.3 is 39.9 Å². The number of hydrogen-bond acceptors (Lipinski definition) is 12. The monoisotopic (exact) mass is 837 g/mol. The molecule has 0 spiro atoms. The molecular formula is C43H81O13P. The molecule has 6 unspecified atom stereocenters. The number of carbonyl (C=O) groups is 2. The molecule has 57 heavy (non-hydrogen) atoms. The molecule has 13 nitrogen and oxygen atoms in total. The van der Waals surface area contributed by atoms with Crippen molar-refractivity contribution in [2.75, 3.05) is 13.2 Å². The number of hydrogen-bond donors (Lipinski definition) is 6. The molecular weight excluding hydrogens is 755 g/mol. The maximum absolute atomic E-state index is 12.8. The van der Waals surface area contributed by atoms with Gasteiger partial charge in [0.2, 0.25) is 0 Å². The van der Waals surface area contributed by atoms with E-state index in [-0.39, 0.29) is 12.8 Å². The first kappa shape index (κ1) is 53.6. The van der Waals surface area contributed by atoms with Crippen molar-refractivity contribution in [2.45, 2.75) is 236 Å². The Balaban J connectivity index is 2.44. The Morgan fingerprint density at radius 2 is 0.895 bits per heavy atom. The van der Waals surface area contributed by atoms with Crippen LogP contribution in [-0.4, -0.2) is 98.3 Å². The van der Waals surface area contributed by atoms with Crippen LogP contribution in [0.15, 0.2) is 12.2 Å². The van der Waals surface area contributed by atoms with Gasteiger partial charge in [-0.25, -0.2) is 4.57 Å². The van der Waals surface area contributed by atoms with Gasteiger partial charge in [-0.3, -0.25) is 18.6 Å². The van der Waals surface area contributed by atoms with E-state index < -0.39 is 75.7 Å². The zero-order valence-corrected chi connectivity index (χ0v) is 36.3. The number of allylic oxidation sites excluding steroid dienone is 2. The minimum atomic E-state index is -5.11. The number of aliphatic hydroxyl groups excluding tert-OH is 5. The predicted octanol–water partition coefficient (Wildman–Crippen LogP) is 8.28. The Morgan fingerprint density at radius 1 is 0.526 bits per heavy atom. The molecule has 1 aliphatic rings. The molecule has 0 bridgehead atoms. The zero-order valence-electron chi connectivity index (χ0n) is 35.4. The van der Waals surface area contributed by atoms with E-state index in [1.54, 1.807) is 0 Å². The first-order valence-electron chi connectivity index (χ1n) is 22.5. The highest BCUT2D eigenvalue weighted by Gasteiger charge is 2.51. The molecule has 0 heterocycles. The Bertz CT molecular complexity index is 1060. The van der Waals surface area contributed by atoms with Gasteiger partial charge in [0.05, 0.1) is 6.61 Å². The number of rotatable bonds is 37. The summed E-state index contributed by atoms with van der Waals surface area (Å²) in [6.45, 7) is 3.28. The van der Waals surface area contributed by atoms with Crippen LogP contribution in [0, 0.1) is 0 Å². The molecule has 0 aromatic carbocycles. The predicted molar refractivity (Wildman–Crippen MR) is 221 cm³/mol. The third-order valence-electron chi connectivity index (χ3n) is 10.6. The van der Waals surface area contributed by atoms with Crippen LogP contribution in [-0.2, 0) is 32.7 Å². The number of aliphatic hydroxyl groups is 5. The van der Waals surface area contributed by atoms with Gasteiger partial charge in [-0.1, -0.05) is 154 Å². The van der Waals surface area contributed by atoms with Crippen molar-refractivity contribution in [2.24, 2.45) is 0 Å². The summed E-state index contributed by atoms with van der Waals surface area (Å²) in [6.07, 6.45) is 21.3. The first-order chi connectivity index (χ1) is 27.4. The van der Waals surface area contributed by atoms with Crippen LogP contribution < -0.4 is 0 Å². The van der Waals surface area contributed by atoms with E-state index >= 15 is 0 Å². The van der Waals surface area contributed by atoms with Crippen LogP contribution in [0.3, 0.4) is 0 Å². The van der Waals surface area contributed by atoms with Crippen molar-refractivity contribution < 1.29 is 63.1 Å². The van der Waals surface area contributed by atoms with E-state index in [9.17, 15) is 44.6 Å². The standard InChI is InChI=1S/C43H81O13P/c1-3-5-7-9-11-13-15-16-17-18-19-20-22-23-25-27-29-31-36(44)53-33-35(55-37(45)32-30-28-26-24-21-14-12-10-8-6-4-2)34-54-57(51,52)56-43-41(49)39(47)38(46)40(48)42(43)50/h16-17,35,38-43,46-50H,3-15,18-34H2,1-2H3,(H,51,52)/b17-16+/t35-,38?,39-,40?,41?,42?,43?/m0/s1. The second-order valence-corrected chi connectivity index (χ2v) is 17.3. The van der Waals surface area contributed by atoms with Crippen molar-refractivity contribution in [3.63, 3.8) is 0 Å². The molecule has 0 aliphatic heterocycles. The molecule has 1 rings (SSSR count). The van der Waals surface area contributed by atoms with Crippen LogP contribution in [0.5, 0.6) is 0 Å². The second-order valence-electron chi connectivity index (χ2n) is 15.9. The number of esters is 2. The third-order valence-corrected chi connectivity index (χ3v) is 11.6. The van der Waals surface area contributed by atoms with Crippen molar-refractivity contribution in [3.05, 3.63) is 12.2 Å². The number of phosphoric acid groups is 1. The van der Waals surface area contributed by atoms with Crippen molar-refractivity contribution in [1.82, 2.24) is 0 Å². The zero-order chi connectivity index (χ0) is 42.2. The molecule has 14 heteroatoms. The molecule has 1 aliphatic carbocycles. The smallest absolute Gasteiger partial charge is 0.462 e. The number of unbranched alkanes of at least 4 members (excludes halogenated alkanes) is 23. The summed E-state index contributed by atoms with van der Waals surface area (Å²) >= 11 is 0. The average molecular weight is 837 g/mol. The van der Waals surface area contributed by atoms with Crippen LogP contribution in [0.1, 0.15) is 194 Å². The molecule has 0 amide bonds. The minimum absolute atomic E-state index is 0.100. The Kier molecular flexibility index (Phi) is 32.3. The number of ether oxygens (including phenoxy) is 2. The summed E-state index contributed by atoms with van der Waals surface area (Å²) in [5.41, 5.74) is 0. The summed E-state index contributed by atoms with van der Waals surface area (Å²) in [5.74, 6) is -1.10. The molecule has 1 fully saturated rings. The molecule has 0 aromatic heterocycles. The van der Waals surface area contributed by atoms with Gasteiger partial charge in [-0.05, 0) is 38.5 Å². The van der Waals surface area contributed by atoms with Gasteiger partial charge in [0.15, 0.2) is 6.10 Å². The summed E-state index contributed by atoms with van der Waals surface area (Å²) in [6, 6.07) is 0. The fourth-order valence-electron chi connectivity index (χ4n) is 6.93. The van der Waals surface area contributed by atoms with Crippen LogP contribution in [0.25, 0.3) is 0 Å². The molecule has 0 radical (unpaired) electrons. The normalized spacial score (nSPS) is 22.7. The van der Waals surface area contributed by atoms with Gasteiger partial charge in [0, 0.05) is 12.8 Å². The van der Waals surface area contributed by atoms with E-state index in [4.69, 9.17) is 18.5 Å². The van der Waals surface area contributed by atoms with E-state index in [2.05, 4.69) is 26.0 Å². The van der Waals surface area contributed by atoms with Crippen LogP contribution >= 0.6 is 7.82 Å². The lowest BCUT2D eigenvalue weighted by atomic mass is 9.85. The van der Waals surface area contributed by atoms with Gasteiger partial charge in [0.1, 0.15) is 43.2 Å². The summed E-state index contributed by atoms with van der Waals surface area (Å²) < 4.78 is 33.5. The maximum atomic E-state index is 12.8. The third kappa shape index (κ3) is 27.1. The fraction of sp³-hybridized carbons (Fsp3) is 0.907. The van der Waals surface area contributed by atoms with Crippen molar-refractivity contribution in [3.8, 4) is 0 Å². The summed E-state index contributed by atoms with van der Waals surface area (Å²) in [5, 5.41) is 50.0. The van der Waals surface area contributed by atoms with Gasteiger partial charge in [0.25, 0.3) is 0 Å². The summed E-state index contributed by atoms with van der Waals surface area (Å²) in [7, 11) is -5.11. The highest BCUT2D eigenvalue weighted by atomic mass is 31.2. The Morgan fingerprint density at radius 3 is 1.33 bits per heavy atom. The largest absolute Gasteiger partial charge is 0.472 e. The number of phosphoric ester groups is 1. The fourth-order valence-corrected chi connectivity index (χ4v) is 7.90. The van der Waals surface area contributed by atoms with E-state index in [0.717, 1.165) is 57.8 Å². The average Bonchev–Trinajstić information content (AvgIpc) is 3.19. The molecule has 0 aromatic rings. The molecule has 6 N–H and O–H groups in total. The van der Waals surface area contributed by atoms with E-state index in [1.807, 2.05) is 0 Å². The molecule has 336 valence electrons. The topological polar surface area (TPSA) is 210 Å². The second kappa shape index (κ2) is 34.3.